The van der Waals surface area contributed by atoms with Crippen molar-refractivity contribution in [2.24, 2.45) is 16.8 Å². The Labute approximate surface area is 170 Å². The summed E-state index contributed by atoms with van der Waals surface area (Å²) >= 11 is 1.55. The number of hydrogen-bond donors (Lipinski definition) is 1. The third kappa shape index (κ3) is 5.58. The zero-order valence-electron chi connectivity index (χ0n) is 16.5. The summed E-state index contributed by atoms with van der Waals surface area (Å²) in [6, 6.07) is 6.90. The minimum Gasteiger partial charge on any atom is -0.484 e. The Morgan fingerprint density at radius 2 is 2.18 bits per heavy atom. The van der Waals surface area contributed by atoms with Gasteiger partial charge in [-0.05, 0) is 49.8 Å². The van der Waals surface area contributed by atoms with Gasteiger partial charge in [0.05, 0.1) is 6.04 Å². The van der Waals surface area contributed by atoms with Crippen LogP contribution in [0.4, 0.5) is 0 Å². The molecule has 1 amide bonds. The highest BCUT2D eigenvalue weighted by Gasteiger charge is 2.32. The van der Waals surface area contributed by atoms with E-state index in [9.17, 15) is 9.59 Å². The van der Waals surface area contributed by atoms with Gasteiger partial charge < -0.3 is 10.1 Å². The van der Waals surface area contributed by atoms with E-state index in [1.165, 1.54) is 18.9 Å². The number of carbonyl (C=O) groups excluding carboxylic acids is 2. The molecule has 0 saturated heterocycles. The van der Waals surface area contributed by atoms with Gasteiger partial charge in [0, 0.05) is 11.3 Å². The highest BCUT2D eigenvalue weighted by Crippen LogP contribution is 2.40. The summed E-state index contributed by atoms with van der Waals surface area (Å²) in [4.78, 5) is 28.3. The molecule has 1 N–H and O–H groups in total. The number of Topliss-reactive ketones (excluding diaryl/α,β-unsaturated/α-hetero) is 1. The number of ether oxygens (including phenoxy) is 1. The van der Waals surface area contributed by atoms with Crippen LogP contribution in [0, 0.1) is 11.8 Å². The Hall–Kier alpha value is -2.34. The Balaban J connectivity index is 1.54. The molecule has 1 saturated carbocycles. The zero-order chi connectivity index (χ0) is 20.1. The fraction of sp³-hybridized carbons (Fsp3) is 0.409. The minimum absolute atomic E-state index is 0.0387. The molecule has 1 fully saturated rings. The summed E-state index contributed by atoms with van der Waals surface area (Å²) in [7, 11) is 0. The van der Waals surface area contributed by atoms with Crippen molar-refractivity contribution in [1.82, 2.24) is 5.32 Å². The van der Waals surface area contributed by atoms with Crippen LogP contribution in [0.2, 0.25) is 0 Å². The van der Waals surface area contributed by atoms with Crippen LogP contribution in [0.1, 0.15) is 37.6 Å². The van der Waals surface area contributed by atoms with E-state index in [1.54, 1.807) is 36.0 Å². The second-order valence-corrected chi connectivity index (χ2v) is 8.23. The number of amidine groups is 1. The number of ketones is 1. The van der Waals surface area contributed by atoms with Crippen LogP contribution >= 0.6 is 11.8 Å². The fourth-order valence-corrected chi connectivity index (χ4v) is 3.99. The smallest absolute Gasteiger partial charge is 0.263 e. The van der Waals surface area contributed by atoms with Crippen molar-refractivity contribution in [3.63, 3.8) is 0 Å². The molecule has 3 rings (SSSR count). The van der Waals surface area contributed by atoms with E-state index in [-0.39, 0.29) is 24.3 Å². The van der Waals surface area contributed by atoms with Gasteiger partial charge in [-0.25, -0.2) is 0 Å². The van der Waals surface area contributed by atoms with Crippen LogP contribution in [0.5, 0.6) is 5.75 Å². The predicted octanol–water partition coefficient (Wildman–Crippen LogP) is 4.01. The number of rotatable bonds is 7. The second-order valence-electron chi connectivity index (χ2n) is 7.23. The summed E-state index contributed by atoms with van der Waals surface area (Å²) in [6.07, 6.45) is 7.74. The lowest BCUT2D eigenvalue weighted by Gasteiger charge is -2.08. The van der Waals surface area contributed by atoms with Crippen molar-refractivity contribution in [1.29, 1.82) is 0 Å². The number of nitrogens with zero attached hydrogens (tertiary/aromatic N) is 1. The normalized spacial score (nSPS) is 24.2. The average Bonchev–Trinajstić information content (AvgIpc) is 3.16. The molecule has 2 aliphatic rings. The molecular weight excluding hydrogens is 372 g/mol. The zero-order valence-corrected chi connectivity index (χ0v) is 17.3. The van der Waals surface area contributed by atoms with E-state index in [0.29, 0.717) is 22.4 Å². The van der Waals surface area contributed by atoms with Crippen molar-refractivity contribution < 1.29 is 14.3 Å². The van der Waals surface area contributed by atoms with Crippen LogP contribution < -0.4 is 10.1 Å². The maximum Gasteiger partial charge on any atom is 0.263 e. The molecule has 1 aliphatic heterocycles. The van der Waals surface area contributed by atoms with Gasteiger partial charge in [0.25, 0.3) is 5.91 Å². The van der Waals surface area contributed by atoms with Crippen molar-refractivity contribution in [2.75, 3.05) is 12.4 Å². The molecule has 148 valence electrons. The van der Waals surface area contributed by atoms with Gasteiger partial charge >= 0.3 is 0 Å². The number of nitrogens with one attached hydrogen (secondary N) is 1. The molecule has 0 spiro atoms. The summed E-state index contributed by atoms with van der Waals surface area (Å²) in [5.74, 6) is 2.45. The van der Waals surface area contributed by atoms with Gasteiger partial charge in [-0.1, -0.05) is 49.0 Å². The quantitative estimate of drug-likeness (QED) is 0.557. The van der Waals surface area contributed by atoms with Crippen molar-refractivity contribution in [3.8, 4) is 5.75 Å². The lowest BCUT2D eigenvalue weighted by molar-refractivity contribution is -0.121. The molecule has 1 heterocycles. The Morgan fingerprint density at radius 3 is 2.86 bits per heavy atom. The number of benzene rings is 1. The van der Waals surface area contributed by atoms with E-state index in [0.717, 1.165) is 11.7 Å². The first-order valence-electron chi connectivity index (χ1n) is 9.55. The summed E-state index contributed by atoms with van der Waals surface area (Å²) in [5.41, 5.74) is 1.79. The summed E-state index contributed by atoms with van der Waals surface area (Å²) < 4.78 is 5.50. The molecule has 28 heavy (non-hydrogen) atoms. The third-order valence-electron chi connectivity index (χ3n) is 4.83. The first-order chi connectivity index (χ1) is 13.5. The van der Waals surface area contributed by atoms with Gasteiger partial charge in [0.1, 0.15) is 5.75 Å². The van der Waals surface area contributed by atoms with Gasteiger partial charge in [-0.2, -0.15) is 0 Å². The molecule has 3 unspecified atom stereocenters. The molecule has 1 aromatic carbocycles. The fourth-order valence-electron chi connectivity index (χ4n) is 3.02. The SMILES string of the molecule is C/C=C\C(=C/C1CC1C)C1CSC(NC(=O)COc2cccc(C(C)=O)c2)=N1. The van der Waals surface area contributed by atoms with Gasteiger partial charge in [-0.3, -0.25) is 14.6 Å². The predicted molar refractivity (Wildman–Crippen MR) is 114 cm³/mol. The maximum absolute atomic E-state index is 12.2. The van der Waals surface area contributed by atoms with E-state index >= 15 is 0 Å². The lowest BCUT2D eigenvalue weighted by atomic mass is 10.1. The van der Waals surface area contributed by atoms with Crippen LogP contribution in [0.25, 0.3) is 0 Å². The van der Waals surface area contributed by atoms with E-state index in [2.05, 4.69) is 29.4 Å². The molecule has 5 nitrogen and oxygen atoms in total. The molecule has 1 aromatic rings. The van der Waals surface area contributed by atoms with Gasteiger partial charge in [-0.15, -0.1) is 0 Å². The number of thioether (sulfide) groups is 1. The number of carbonyl (C=O) groups is 2. The topological polar surface area (TPSA) is 67.8 Å². The van der Waals surface area contributed by atoms with Crippen LogP contribution in [-0.4, -0.2) is 35.3 Å². The number of allylic oxidation sites excluding steroid dienone is 2. The first-order valence-corrected chi connectivity index (χ1v) is 10.5. The van der Waals surface area contributed by atoms with Crippen molar-refractivity contribution in [2.45, 2.75) is 33.2 Å². The lowest BCUT2D eigenvalue weighted by Crippen LogP contribution is -2.32. The number of amides is 1. The highest BCUT2D eigenvalue weighted by molar-refractivity contribution is 8.14. The van der Waals surface area contributed by atoms with E-state index in [4.69, 9.17) is 4.74 Å². The van der Waals surface area contributed by atoms with E-state index in [1.807, 2.05) is 13.0 Å². The van der Waals surface area contributed by atoms with Crippen LogP contribution in [0.3, 0.4) is 0 Å². The summed E-state index contributed by atoms with van der Waals surface area (Å²) in [6.45, 7) is 5.65. The Bertz CT molecular complexity index is 844. The Morgan fingerprint density at radius 1 is 1.39 bits per heavy atom. The largest absolute Gasteiger partial charge is 0.484 e. The van der Waals surface area contributed by atoms with E-state index < -0.39 is 0 Å². The molecule has 1 aliphatic carbocycles. The average molecular weight is 399 g/mol. The van der Waals surface area contributed by atoms with Crippen molar-refractivity contribution in [3.05, 3.63) is 53.6 Å². The number of aliphatic imine (C=N–C) groups is 1. The molecule has 0 bridgehead atoms. The highest BCUT2D eigenvalue weighted by atomic mass is 32.2. The molecule has 6 heteroatoms. The van der Waals surface area contributed by atoms with Gasteiger partial charge in [0.2, 0.25) is 0 Å². The molecule has 0 aromatic heterocycles. The first kappa shape index (κ1) is 20.4. The third-order valence-corrected chi connectivity index (χ3v) is 5.79. The second kappa shape index (κ2) is 9.24. The monoisotopic (exact) mass is 398 g/mol. The molecule has 3 atom stereocenters. The van der Waals surface area contributed by atoms with Crippen molar-refractivity contribution >= 4 is 28.6 Å². The van der Waals surface area contributed by atoms with Crippen LogP contribution in [0.15, 0.2) is 53.1 Å². The summed E-state index contributed by atoms with van der Waals surface area (Å²) in [5, 5.41) is 3.46. The molecular formula is C22H26N2O3S. The number of hydrogen-bond acceptors (Lipinski definition) is 5. The maximum atomic E-state index is 12.2. The standard InChI is InChI=1S/C22H26N2O3S/c1-4-6-17(10-18-9-14(18)2)20-13-28-22(23-20)24-21(26)12-27-19-8-5-7-16(11-19)15(3)25/h4-8,10-11,14,18,20H,9,12-13H2,1-3H3,(H,23,24,26)/b6-4-,17-10+. The molecule has 0 radical (unpaired) electrons. The Kier molecular flexibility index (Phi) is 6.73. The minimum atomic E-state index is -0.257. The van der Waals surface area contributed by atoms with Gasteiger partial charge in [0.15, 0.2) is 17.6 Å². The van der Waals surface area contributed by atoms with Crippen LogP contribution in [-0.2, 0) is 4.79 Å².